The molecule has 3 nitrogen and oxygen atoms in total. The lowest BCUT2D eigenvalue weighted by molar-refractivity contribution is 0.210. The maximum absolute atomic E-state index is 6.00. The second-order valence-corrected chi connectivity index (χ2v) is 6.07. The number of rotatable bonds is 4. The van der Waals surface area contributed by atoms with E-state index >= 15 is 0 Å². The zero-order valence-corrected chi connectivity index (χ0v) is 12.2. The molecule has 110 valence electrons. The largest absolute Gasteiger partial charge is 0.490 e. The van der Waals surface area contributed by atoms with E-state index in [0.717, 1.165) is 18.8 Å². The van der Waals surface area contributed by atoms with Gasteiger partial charge in [0.2, 0.25) is 0 Å². The summed E-state index contributed by atoms with van der Waals surface area (Å²) < 4.78 is 6.00. The summed E-state index contributed by atoms with van der Waals surface area (Å²) in [7, 11) is 0. The van der Waals surface area contributed by atoms with Crippen LogP contribution in [0.25, 0.3) is 0 Å². The minimum absolute atomic E-state index is 0.446. The summed E-state index contributed by atoms with van der Waals surface area (Å²) in [5.41, 5.74) is 1.22. The first-order valence-electron chi connectivity index (χ1n) is 8.14. The fraction of sp³-hybridized carbons (Fsp3) is 0.647. The van der Waals surface area contributed by atoms with E-state index in [1.807, 2.05) is 0 Å². The van der Waals surface area contributed by atoms with Crippen molar-refractivity contribution in [3.8, 4) is 5.75 Å². The summed E-state index contributed by atoms with van der Waals surface area (Å²) in [5.74, 6) is 1.02. The van der Waals surface area contributed by atoms with Gasteiger partial charge in [-0.25, -0.2) is 0 Å². The molecule has 0 bridgehead atoms. The first-order chi connectivity index (χ1) is 9.90. The summed E-state index contributed by atoms with van der Waals surface area (Å²) in [6, 6.07) is 9.13. The molecule has 1 saturated carbocycles. The van der Waals surface area contributed by atoms with Gasteiger partial charge in [-0.15, -0.1) is 0 Å². The Morgan fingerprint density at radius 1 is 0.900 bits per heavy atom. The smallest absolute Gasteiger partial charge is 0.119 e. The molecule has 1 unspecified atom stereocenters. The quantitative estimate of drug-likeness (QED) is 0.880. The van der Waals surface area contributed by atoms with E-state index in [1.54, 1.807) is 0 Å². The maximum Gasteiger partial charge on any atom is 0.119 e. The van der Waals surface area contributed by atoms with Gasteiger partial charge in [0.25, 0.3) is 0 Å². The van der Waals surface area contributed by atoms with Gasteiger partial charge in [0.05, 0.1) is 6.10 Å². The topological polar surface area (TPSA) is 33.3 Å². The molecule has 2 N–H and O–H groups in total. The van der Waals surface area contributed by atoms with Crippen molar-refractivity contribution in [2.45, 2.75) is 57.1 Å². The second-order valence-electron chi connectivity index (χ2n) is 6.07. The predicted octanol–water partition coefficient (Wildman–Crippen LogP) is 3.56. The minimum Gasteiger partial charge on any atom is -0.490 e. The monoisotopic (exact) mass is 274 g/mol. The molecule has 1 aliphatic carbocycles. The normalized spacial score (nSPS) is 24.3. The third-order valence-corrected chi connectivity index (χ3v) is 4.41. The lowest BCUT2D eigenvalue weighted by Crippen LogP contribution is -2.21. The molecule has 1 aliphatic heterocycles. The molecule has 0 radical (unpaired) electrons. The lowest BCUT2D eigenvalue weighted by Gasteiger charge is -2.18. The fourth-order valence-electron chi connectivity index (χ4n) is 3.23. The number of hydrogen-bond donors (Lipinski definition) is 2. The predicted molar refractivity (Wildman–Crippen MR) is 83.5 cm³/mol. The minimum atomic E-state index is 0.446. The molecule has 0 amide bonds. The summed E-state index contributed by atoms with van der Waals surface area (Å²) in [6.45, 7) is 2.28. The maximum atomic E-state index is 6.00. The Hall–Kier alpha value is -1.22. The zero-order chi connectivity index (χ0) is 13.6. The van der Waals surface area contributed by atoms with Crippen molar-refractivity contribution in [2.75, 3.05) is 18.4 Å². The summed E-state index contributed by atoms with van der Waals surface area (Å²) in [6.07, 6.45) is 9.25. The van der Waals surface area contributed by atoms with E-state index in [4.69, 9.17) is 4.74 Å². The molecule has 1 atom stereocenters. The van der Waals surface area contributed by atoms with E-state index in [9.17, 15) is 0 Å². The van der Waals surface area contributed by atoms with Gasteiger partial charge >= 0.3 is 0 Å². The van der Waals surface area contributed by atoms with Crippen LogP contribution in [0, 0.1) is 0 Å². The van der Waals surface area contributed by atoms with E-state index < -0.39 is 0 Å². The summed E-state index contributed by atoms with van der Waals surface area (Å²) in [4.78, 5) is 0. The number of benzene rings is 1. The van der Waals surface area contributed by atoms with Crippen LogP contribution in [0.4, 0.5) is 5.69 Å². The number of nitrogens with one attached hydrogen (secondary N) is 2. The van der Waals surface area contributed by atoms with Crippen molar-refractivity contribution >= 4 is 5.69 Å². The van der Waals surface area contributed by atoms with E-state index in [-0.39, 0.29) is 0 Å². The van der Waals surface area contributed by atoms with Gasteiger partial charge in [-0.2, -0.15) is 0 Å². The molecule has 3 heteroatoms. The Labute approximate surface area is 122 Å². The first kappa shape index (κ1) is 13.7. The highest BCUT2D eigenvalue weighted by Crippen LogP contribution is 2.25. The van der Waals surface area contributed by atoms with Gasteiger partial charge in [0.15, 0.2) is 0 Å². The Bertz CT molecular complexity index is 390. The van der Waals surface area contributed by atoms with Crippen LogP contribution < -0.4 is 15.4 Å². The lowest BCUT2D eigenvalue weighted by atomic mass is 10.1. The van der Waals surface area contributed by atoms with Gasteiger partial charge in [-0.05, 0) is 82.3 Å². The van der Waals surface area contributed by atoms with Crippen LogP contribution in [0.1, 0.15) is 44.9 Å². The van der Waals surface area contributed by atoms with Gasteiger partial charge in [-0.3, -0.25) is 0 Å². The molecular weight excluding hydrogens is 248 g/mol. The Balaban J connectivity index is 1.52. The molecule has 1 aromatic carbocycles. The first-order valence-corrected chi connectivity index (χ1v) is 8.14. The van der Waals surface area contributed by atoms with E-state index in [0.29, 0.717) is 12.1 Å². The molecule has 2 aliphatic rings. The molecule has 0 spiro atoms. The van der Waals surface area contributed by atoms with Crippen LogP contribution in [0.15, 0.2) is 24.3 Å². The number of anilines is 1. The molecule has 20 heavy (non-hydrogen) atoms. The van der Waals surface area contributed by atoms with Crippen LogP contribution in [0.3, 0.4) is 0 Å². The van der Waals surface area contributed by atoms with Crippen molar-refractivity contribution in [3.63, 3.8) is 0 Å². The van der Waals surface area contributed by atoms with Crippen LogP contribution in [-0.4, -0.2) is 25.2 Å². The molecule has 0 aromatic heterocycles. The van der Waals surface area contributed by atoms with E-state index in [1.165, 1.54) is 50.6 Å². The van der Waals surface area contributed by atoms with Gasteiger partial charge in [0, 0.05) is 11.7 Å². The highest BCUT2D eigenvalue weighted by atomic mass is 16.5. The summed E-state index contributed by atoms with van der Waals surface area (Å²) in [5, 5.41) is 7.10. The fourth-order valence-corrected chi connectivity index (χ4v) is 3.23. The Morgan fingerprint density at radius 3 is 2.50 bits per heavy atom. The van der Waals surface area contributed by atoms with Crippen molar-refractivity contribution in [2.24, 2.45) is 0 Å². The summed E-state index contributed by atoms with van der Waals surface area (Å²) >= 11 is 0. The SMILES string of the molecule is c1cc(OC2CCCC2)ccc1NC1CCCNCC1. The van der Waals surface area contributed by atoms with Crippen LogP contribution >= 0.6 is 0 Å². The number of ether oxygens (including phenoxy) is 1. The van der Waals surface area contributed by atoms with Crippen molar-refractivity contribution in [1.82, 2.24) is 5.32 Å². The van der Waals surface area contributed by atoms with Crippen LogP contribution in [-0.2, 0) is 0 Å². The second kappa shape index (κ2) is 6.98. The highest BCUT2D eigenvalue weighted by Gasteiger charge is 2.16. The third-order valence-electron chi connectivity index (χ3n) is 4.41. The Kier molecular flexibility index (Phi) is 4.80. The van der Waals surface area contributed by atoms with Gasteiger partial charge in [-0.1, -0.05) is 0 Å². The molecule has 1 heterocycles. The molecule has 1 aromatic rings. The average Bonchev–Trinajstić information content (AvgIpc) is 2.84. The third kappa shape index (κ3) is 3.89. The number of hydrogen-bond acceptors (Lipinski definition) is 3. The van der Waals surface area contributed by atoms with Crippen molar-refractivity contribution < 1.29 is 4.74 Å². The molecular formula is C17H26N2O. The highest BCUT2D eigenvalue weighted by molar-refractivity contribution is 5.47. The Morgan fingerprint density at radius 2 is 1.70 bits per heavy atom. The van der Waals surface area contributed by atoms with Gasteiger partial charge in [0.1, 0.15) is 5.75 Å². The van der Waals surface area contributed by atoms with Gasteiger partial charge < -0.3 is 15.4 Å². The standard InChI is InChI=1S/C17H26N2O/c1-2-6-16(5-1)20-17-9-7-15(8-10-17)19-14-4-3-12-18-13-11-14/h7-10,14,16,18-19H,1-6,11-13H2. The average molecular weight is 274 g/mol. The zero-order valence-electron chi connectivity index (χ0n) is 12.2. The van der Waals surface area contributed by atoms with Crippen LogP contribution in [0.5, 0.6) is 5.75 Å². The van der Waals surface area contributed by atoms with Crippen molar-refractivity contribution in [1.29, 1.82) is 0 Å². The van der Waals surface area contributed by atoms with Crippen molar-refractivity contribution in [3.05, 3.63) is 24.3 Å². The molecule has 1 saturated heterocycles. The van der Waals surface area contributed by atoms with Crippen LogP contribution in [0.2, 0.25) is 0 Å². The van der Waals surface area contributed by atoms with E-state index in [2.05, 4.69) is 34.9 Å². The molecule has 2 fully saturated rings. The molecule has 3 rings (SSSR count).